The quantitative estimate of drug-likeness (QED) is 0.742. The summed E-state index contributed by atoms with van der Waals surface area (Å²) >= 11 is 1.15. The summed E-state index contributed by atoms with van der Waals surface area (Å²) in [5, 5.41) is 6.25. The molecular weight excluding hydrogens is 252 g/mol. The van der Waals surface area contributed by atoms with Crippen molar-refractivity contribution in [1.29, 1.82) is 0 Å². The lowest BCUT2D eigenvalue weighted by Crippen LogP contribution is -2.20. The third kappa shape index (κ3) is 2.54. The van der Waals surface area contributed by atoms with Crippen molar-refractivity contribution < 1.29 is 4.79 Å². The second-order valence-corrected chi connectivity index (χ2v) is 4.18. The van der Waals surface area contributed by atoms with Crippen LogP contribution in [0, 0.1) is 0 Å². The van der Waals surface area contributed by atoms with Crippen LogP contribution in [0.15, 0.2) is 18.6 Å². The molecule has 0 aliphatic carbocycles. The molecule has 0 aromatic carbocycles. The van der Waals surface area contributed by atoms with E-state index in [1.54, 1.807) is 19.3 Å². The van der Waals surface area contributed by atoms with Crippen molar-refractivity contribution in [1.82, 2.24) is 19.7 Å². The van der Waals surface area contributed by atoms with E-state index in [-0.39, 0.29) is 11.7 Å². The topological polar surface area (TPSA) is 106 Å². The first kappa shape index (κ1) is 12.2. The molecule has 2 aromatic heterocycles. The second-order valence-electron chi connectivity index (χ2n) is 3.41. The Morgan fingerprint density at radius 2 is 2.39 bits per heavy atom. The molecule has 2 aromatic rings. The lowest BCUT2D eigenvalue weighted by atomic mass is 10.3. The van der Waals surface area contributed by atoms with Gasteiger partial charge in [-0.05, 0) is 17.6 Å². The molecule has 1 amide bonds. The van der Waals surface area contributed by atoms with E-state index in [1.165, 1.54) is 6.33 Å². The van der Waals surface area contributed by atoms with Gasteiger partial charge in [0.2, 0.25) is 0 Å². The number of anilines is 2. The number of nitrogens with two attached hydrogens (primary N) is 1. The molecule has 7 nitrogen and oxygen atoms in total. The van der Waals surface area contributed by atoms with Crippen molar-refractivity contribution in [2.45, 2.75) is 6.54 Å². The van der Waals surface area contributed by atoms with Crippen LogP contribution in [0.2, 0.25) is 0 Å². The molecule has 8 heteroatoms. The van der Waals surface area contributed by atoms with Crippen molar-refractivity contribution in [3.8, 4) is 0 Å². The van der Waals surface area contributed by atoms with E-state index in [0.29, 0.717) is 17.1 Å². The maximum atomic E-state index is 11.6. The molecule has 18 heavy (non-hydrogen) atoms. The highest BCUT2D eigenvalue weighted by molar-refractivity contribution is 7.11. The molecule has 0 bridgehead atoms. The molecule has 94 valence electrons. The van der Waals surface area contributed by atoms with Crippen molar-refractivity contribution in [3.63, 3.8) is 0 Å². The lowest BCUT2D eigenvalue weighted by Gasteiger charge is -2.05. The fourth-order valence-corrected chi connectivity index (χ4v) is 2.07. The number of hydrogen-bond acceptors (Lipinski definition) is 7. The molecule has 0 aliphatic heterocycles. The summed E-state index contributed by atoms with van der Waals surface area (Å²) in [6, 6.07) is 1.79. The van der Waals surface area contributed by atoms with Crippen LogP contribution in [0.25, 0.3) is 0 Å². The molecule has 0 fully saturated rings. The van der Waals surface area contributed by atoms with E-state index in [4.69, 9.17) is 5.73 Å². The number of hydrogen-bond donors (Lipinski definition) is 3. The minimum absolute atomic E-state index is 0.226. The Kier molecular flexibility index (Phi) is 3.68. The van der Waals surface area contributed by atoms with Gasteiger partial charge in [0.25, 0.3) is 5.91 Å². The predicted molar refractivity (Wildman–Crippen MR) is 69.3 cm³/mol. The average Bonchev–Trinajstić information content (AvgIpc) is 2.78. The summed E-state index contributed by atoms with van der Waals surface area (Å²) in [6.45, 7) is 0.480. The van der Waals surface area contributed by atoms with Crippen molar-refractivity contribution in [3.05, 3.63) is 29.8 Å². The van der Waals surface area contributed by atoms with E-state index >= 15 is 0 Å². The number of aromatic nitrogens is 3. The molecule has 0 saturated carbocycles. The third-order valence-corrected chi connectivity index (χ3v) is 3.06. The van der Waals surface area contributed by atoms with Crippen molar-refractivity contribution in [2.75, 3.05) is 18.1 Å². The number of amides is 1. The fourth-order valence-electron chi connectivity index (χ4n) is 1.36. The van der Waals surface area contributed by atoms with E-state index in [9.17, 15) is 4.79 Å². The van der Waals surface area contributed by atoms with E-state index in [1.807, 2.05) is 0 Å². The van der Waals surface area contributed by atoms with Crippen molar-refractivity contribution >= 4 is 28.3 Å². The van der Waals surface area contributed by atoms with Gasteiger partial charge in [-0.1, -0.05) is 0 Å². The molecule has 2 rings (SSSR count). The zero-order valence-corrected chi connectivity index (χ0v) is 10.5. The summed E-state index contributed by atoms with van der Waals surface area (Å²) in [7, 11) is 1.55. The van der Waals surface area contributed by atoms with Gasteiger partial charge in [0.05, 0.1) is 12.2 Å². The van der Waals surface area contributed by atoms with Crippen LogP contribution in [-0.4, -0.2) is 27.3 Å². The van der Waals surface area contributed by atoms with Crippen LogP contribution in [0.3, 0.4) is 0 Å². The zero-order chi connectivity index (χ0) is 13.0. The summed E-state index contributed by atoms with van der Waals surface area (Å²) in [6.07, 6.45) is 3.13. The summed E-state index contributed by atoms with van der Waals surface area (Å²) < 4.78 is 3.96. The third-order valence-electron chi connectivity index (χ3n) is 2.25. The number of carbonyl (C=O) groups excluding carboxylic acids is 1. The number of carbonyl (C=O) groups is 1. The van der Waals surface area contributed by atoms with Gasteiger partial charge in [0, 0.05) is 13.2 Å². The Hall–Kier alpha value is -2.22. The predicted octanol–water partition coefficient (Wildman–Crippen LogP) is 0.487. The molecule has 0 atom stereocenters. The average molecular weight is 264 g/mol. The highest BCUT2D eigenvalue weighted by atomic mass is 32.1. The fraction of sp³-hybridized carbons (Fsp3) is 0.200. The normalized spacial score (nSPS) is 10.1. The highest BCUT2D eigenvalue weighted by Gasteiger charge is 2.17. The number of nitrogens with one attached hydrogen (secondary N) is 2. The van der Waals surface area contributed by atoms with Gasteiger partial charge < -0.3 is 16.4 Å². The van der Waals surface area contributed by atoms with E-state index < -0.39 is 0 Å². The zero-order valence-electron chi connectivity index (χ0n) is 9.67. The van der Waals surface area contributed by atoms with Crippen LogP contribution in [-0.2, 0) is 6.54 Å². The van der Waals surface area contributed by atoms with Crippen LogP contribution in [0.1, 0.15) is 16.1 Å². The van der Waals surface area contributed by atoms with Crippen LogP contribution in [0.4, 0.5) is 10.8 Å². The van der Waals surface area contributed by atoms with Gasteiger partial charge in [-0.3, -0.25) is 4.79 Å². The maximum absolute atomic E-state index is 11.6. The molecule has 0 radical (unpaired) electrons. The van der Waals surface area contributed by atoms with Gasteiger partial charge in [0.1, 0.15) is 16.9 Å². The second kappa shape index (κ2) is 5.41. The van der Waals surface area contributed by atoms with Gasteiger partial charge in [-0.2, -0.15) is 4.37 Å². The van der Waals surface area contributed by atoms with Crippen LogP contribution < -0.4 is 16.4 Å². The molecule has 0 saturated heterocycles. The van der Waals surface area contributed by atoms with Gasteiger partial charge in [-0.25, -0.2) is 9.97 Å². The van der Waals surface area contributed by atoms with Gasteiger partial charge >= 0.3 is 0 Å². The Balaban J connectivity index is 2.13. The number of nitrogens with zero attached hydrogens (tertiary/aromatic N) is 3. The molecule has 0 spiro atoms. The number of nitrogen functional groups attached to an aromatic ring is 1. The Morgan fingerprint density at radius 3 is 3.06 bits per heavy atom. The summed E-state index contributed by atoms with van der Waals surface area (Å²) in [5.41, 5.74) is 6.85. The minimum Gasteiger partial charge on any atom is -0.382 e. The first-order valence-electron chi connectivity index (χ1n) is 5.18. The molecule has 4 N–H and O–H groups in total. The first-order chi connectivity index (χ1) is 8.72. The molecule has 0 unspecified atom stereocenters. The first-order valence-corrected chi connectivity index (χ1v) is 5.95. The summed E-state index contributed by atoms with van der Waals surface area (Å²) in [5.74, 6) is -0.0315. The Morgan fingerprint density at radius 1 is 1.56 bits per heavy atom. The summed E-state index contributed by atoms with van der Waals surface area (Å²) in [4.78, 5) is 19.5. The molecule has 0 aliphatic rings. The van der Waals surface area contributed by atoms with Crippen molar-refractivity contribution in [2.24, 2.45) is 0 Å². The van der Waals surface area contributed by atoms with E-state index in [2.05, 4.69) is 25.0 Å². The minimum atomic E-state index is -0.258. The molecular formula is C10H12N6OS. The highest BCUT2D eigenvalue weighted by Crippen LogP contribution is 2.26. The molecule has 2 heterocycles. The Bertz CT molecular complexity index is 541. The van der Waals surface area contributed by atoms with Gasteiger partial charge in [-0.15, -0.1) is 0 Å². The van der Waals surface area contributed by atoms with Gasteiger partial charge in [0.15, 0.2) is 5.82 Å². The van der Waals surface area contributed by atoms with Crippen LogP contribution in [0.5, 0.6) is 0 Å². The SMILES string of the molecule is CNC(=O)c1c(N)nsc1NCc1ccncn1. The largest absolute Gasteiger partial charge is 0.382 e. The standard InChI is InChI=1S/C10H12N6OS/c1-12-9(17)7-8(11)16-18-10(7)14-4-6-2-3-13-5-15-6/h2-3,5,14H,4H2,1H3,(H2,11,16)(H,12,17). The number of rotatable bonds is 4. The maximum Gasteiger partial charge on any atom is 0.257 e. The van der Waals surface area contributed by atoms with Crippen LogP contribution >= 0.6 is 11.5 Å². The Labute approximate surface area is 108 Å². The van der Waals surface area contributed by atoms with E-state index in [0.717, 1.165) is 17.2 Å². The lowest BCUT2D eigenvalue weighted by molar-refractivity contribution is 0.0965. The smallest absolute Gasteiger partial charge is 0.257 e. The monoisotopic (exact) mass is 264 g/mol.